The average Bonchev–Trinajstić information content (AvgIpc) is 3.76. The minimum absolute atomic E-state index is 0.957. The number of para-hydroxylation sites is 5. The minimum atomic E-state index is 0.957. The summed E-state index contributed by atoms with van der Waals surface area (Å²) in [5.41, 5.74) is 17.8. The molecule has 442 valence electrons. The molecule has 0 saturated heterocycles. The van der Waals surface area contributed by atoms with Crippen molar-refractivity contribution >= 4 is 76.2 Å². The van der Waals surface area contributed by atoms with E-state index in [4.69, 9.17) is 0 Å². The van der Waals surface area contributed by atoms with Crippen molar-refractivity contribution in [2.24, 2.45) is 0 Å². The largest absolute Gasteiger partial charge is 0.264 e. The summed E-state index contributed by atoms with van der Waals surface area (Å²) in [5.74, 6) is 0. The maximum Gasteiger partial charge on any atom is 0.116 e. The summed E-state index contributed by atoms with van der Waals surface area (Å²) in [4.78, 5) is 42.2. The van der Waals surface area contributed by atoms with E-state index in [2.05, 4.69) is 163 Å². The molecule has 0 fully saturated rings. The minimum Gasteiger partial charge on any atom is -0.264 e. The van der Waals surface area contributed by atoms with Gasteiger partial charge in [0.05, 0.1) is 44.5 Å². The second-order valence-corrected chi connectivity index (χ2v) is 21.3. The molecule has 0 atom stereocenters. The van der Waals surface area contributed by atoms with E-state index in [1.807, 2.05) is 222 Å². The molecule has 0 bridgehead atoms. The molecule has 16 aromatic rings. The lowest BCUT2D eigenvalue weighted by molar-refractivity contribution is 1.15. The Morgan fingerprint density at radius 1 is 0.256 bits per heavy atom. The van der Waals surface area contributed by atoms with Gasteiger partial charge in [-0.05, 0) is 161 Å². The highest BCUT2D eigenvalue weighted by atomic mass is 14.8. The molecule has 0 unspecified atom stereocenters. The maximum atomic E-state index is 4.35. The van der Waals surface area contributed by atoms with Crippen molar-refractivity contribution in [1.82, 2.24) is 49.8 Å². The topological polar surface area (TPSA) is 129 Å². The number of aromatic nitrogens is 10. The van der Waals surface area contributed by atoms with E-state index in [1.165, 1.54) is 71.1 Å². The summed E-state index contributed by atoms with van der Waals surface area (Å²) < 4.78 is 0. The number of aryl methyl sites for hydroxylation is 8. The predicted octanol–water partition coefficient (Wildman–Crippen LogP) is 19.6. The Hall–Kier alpha value is -11.4. The molecule has 0 radical (unpaired) electrons. The molecule has 0 saturated carbocycles. The first-order valence-corrected chi connectivity index (χ1v) is 29.8. The Morgan fingerprint density at radius 2 is 0.767 bits per heavy atom. The van der Waals surface area contributed by atoms with Crippen molar-refractivity contribution in [3.05, 3.63) is 337 Å². The lowest BCUT2D eigenvalue weighted by atomic mass is 10.1. The van der Waals surface area contributed by atoms with Gasteiger partial charge in [-0.25, -0.2) is 15.0 Å². The van der Waals surface area contributed by atoms with E-state index < -0.39 is 0 Å². The highest BCUT2D eigenvalue weighted by Crippen LogP contribution is 2.21. The van der Waals surface area contributed by atoms with Crippen LogP contribution in [-0.4, -0.2) is 49.8 Å². The fraction of sp³-hybridized carbons (Fsp3) is 0.100. The molecule has 0 aliphatic carbocycles. The van der Waals surface area contributed by atoms with Crippen LogP contribution in [0.3, 0.4) is 0 Å². The number of fused-ring (bicyclic) bond motifs is 7. The molecule has 8 heterocycles. The second kappa shape index (κ2) is 32.4. The van der Waals surface area contributed by atoms with Crippen LogP contribution in [0.5, 0.6) is 0 Å². The zero-order valence-corrected chi connectivity index (χ0v) is 52.2. The van der Waals surface area contributed by atoms with E-state index in [-0.39, 0.29) is 0 Å². The van der Waals surface area contributed by atoms with Gasteiger partial charge in [0.1, 0.15) is 6.33 Å². The number of rotatable bonds is 1. The SMILES string of the molecule is Cc1cccc2ncccc12.Cc1cccnc1-c1ccccc1.Cc1ccnc2ccccc12.Cc1cnc2ccccc2c1.Cc1cnc2ccccc2n1.Cc1cncc2ccccc12.Cc1nccc2ccccc12.Cc1ncnc2ccccc12. The third-order valence-electron chi connectivity index (χ3n) is 14.6. The van der Waals surface area contributed by atoms with E-state index >= 15 is 0 Å². The molecule has 0 N–H and O–H groups in total. The number of hydrogen-bond acceptors (Lipinski definition) is 10. The van der Waals surface area contributed by atoms with E-state index in [0.717, 1.165) is 61.3 Å². The van der Waals surface area contributed by atoms with Crippen LogP contribution >= 0.6 is 0 Å². The van der Waals surface area contributed by atoms with Gasteiger partial charge in [-0.1, -0.05) is 170 Å². The van der Waals surface area contributed by atoms with Crippen LogP contribution in [-0.2, 0) is 0 Å². The molecule has 8 aromatic heterocycles. The Labute approximate surface area is 527 Å². The number of nitrogens with zero attached hydrogens (tertiary/aromatic N) is 10. The summed E-state index contributed by atoms with van der Waals surface area (Å²) in [6.45, 7) is 16.4. The molecule has 8 aromatic carbocycles. The summed E-state index contributed by atoms with van der Waals surface area (Å²) in [5, 5.41) is 9.86. The Kier molecular flexibility index (Phi) is 22.7. The van der Waals surface area contributed by atoms with Gasteiger partial charge in [0.25, 0.3) is 0 Å². The fourth-order valence-corrected chi connectivity index (χ4v) is 9.79. The van der Waals surface area contributed by atoms with Gasteiger partial charge in [-0.15, -0.1) is 0 Å². The van der Waals surface area contributed by atoms with Crippen LogP contribution < -0.4 is 0 Å². The van der Waals surface area contributed by atoms with Crippen molar-refractivity contribution in [1.29, 1.82) is 0 Å². The Balaban J connectivity index is 0.000000122. The van der Waals surface area contributed by atoms with E-state index in [9.17, 15) is 0 Å². The second-order valence-electron chi connectivity index (χ2n) is 21.3. The first-order chi connectivity index (χ1) is 44.0. The normalized spacial score (nSPS) is 10.2. The first kappa shape index (κ1) is 63.2. The lowest BCUT2D eigenvalue weighted by Gasteiger charge is -2.02. The summed E-state index contributed by atoms with van der Waals surface area (Å²) in [6, 6.07) is 79.4. The first-order valence-electron chi connectivity index (χ1n) is 29.8. The van der Waals surface area contributed by atoms with Gasteiger partial charge < -0.3 is 0 Å². The average molecular weight is 1170 g/mol. The molecule has 0 aliphatic heterocycles. The van der Waals surface area contributed by atoms with Gasteiger partial charge in [0.2, 0.25) is 0 Å². The predicted molar refractivity (Wildman–Crippen MR) is 375 cm³/mol. The highest BCUT2D eigenvalue weighted by Gasteiger charge is 2.02. The van der Waals surface area contributed by atoms with E-state index in [1.54, 1.807) is 12.5 Å². The van der Waals surface area contributed by atoms with Crippen LogP contribution in [0, 0.1) is 55.4 Å². The highest BCUT2D eigenvalue weighted by molar-refractivity contribution is 5.86. The van der Waals surface area contributed by atoms with Gasteiger partial charge in [0.15, 0.2) is 0 Å². The lowest BCUT2D eigenvalue weighted by Crippen LogP contribution is -1.85. The third-order valence-corrected chi connectivity index (χ3v) is 14.6. The fourth-order valence-electron chi connectivity index (χ4n) is 9.79. The number of pyridine rings is 6. The molecule has 10 nitrogen and oxygen atoms in total. The van der Waals surface area contributed by atoms with Gasteiger partial charge >= 0.3 is 0 Å². The summed E-state index contributed by atoms with van der Waals surface area (Å²) in [7, 11) is 0. The number of benzene rings is 8. The summed E-state index contributed by atoms with van der Waals surface area (Å²) in [6.07, 6.45) is 16.4. The van der Waals surface area contributed by atoms with Crippen LogP contribution in [0.4, 0.5) is 0 Å². The van der Waals surface area contributed by atoms with Gasteiger partial charge in [0, 0.05) is 98.8 Å². The maximum absolute atomic E-state index is 4.35. The molecule has 16 rings (SSSR count). The van der Waals surface area contributed by atoms with E-state index in [0.29, 0.717) is 0 Å². The molecule has 10 heteroatoms. The molecular formula is C80H72N10. The van der Waals surface area contributed by atoms with Crippen molar-refractivity contribution in [3.63, 3.8) is 0 Å². The molecule has 0 amide bonds. The van der Waals surface area contributed by atoms with Crippen LogP contribution in [0.1, 0.15) is 44.9 Å². The van der Waals surface area contributed by atoms with Crippen LogP contribution in [0.25, 0.3) is 87.4 Å². The monoisotopic (exact) mass is 1170 g/mol. The van der Waals surface area contributed by atoms with Gasteiger partial charge in [-0.3, -0.25) is 34.9 Å². The quantitative estimate of drug-likeness (QED) is 0.157. The third kappa shape index (κ3) is 17.9. The standard InChI is InChI=1S/C12H11N.5C10H9N.2C9H8N2/c1-10-6-5-9-13-12(10)11-7-3-2-4-8-11;1-8-4-2-6-10-9(8)5-3-7-11-10;1-8-6-11-7-9-4-2-3-5-10(8)9;1-8-6-9-4-2-3-5-10(9)11-7-8;1-8-10-5-3-2-4-9(10)6-7-11-8;1-8-6-7-11-10-5-3-2-4-9(8)10;1-7-8-4-2-3-5-9(8)11-6-10-7;1-7-6-10-8-4-2-3-5-9(8)11-7/h2-9H,1H3;5*2-7H,1H3;2*2-6H,1H3. The van der Waals surface area contributed by atoms with Gasteiger partial charge in [-0.2, -0.15) is 0 Å². The Morgan fingerprint density at radius 3 is 1.47 bits per heavy atom. The van der Waals surface area contributed by atoms with Crippen LogP contribution in [0.2, 0.25) is 0 Å². The molecule has 0 spiro atoms. The zero-order chi connectivity index (χ0) is 62.9. The molecule has 90 heavy (non-hydrogen) atoms. The van der Waals surface area contributed by atoms with Crippen molar-refractivity contribution in [2.75, 3.05) is 0 Å². The molecule has 0 aliphatic rings. The summed E-state index contributed by atoms with van der Waals surface area (Å²) >= 11 is 0. The van der Waals surface area contributed by atoms with Crippen molar-refractivity contribution < 1.29 is 0 Å². The Bertz CT molecular complexity index is 4350. The number of hydrogen-bond donors (Lipinski definition) is 0. The van der Waals surface area contributed by atoms with Crippen LogP contribution in [0.15, 0.2) is 292 Å². The van der Waals surface area contributed by atoms with Crippen molar-refractivity contribution in [3.8, 4) is 11.3 Å². The zero-order valence-electron chi connectivity index (χ0n) is 52.2. The molecular weight excluding hydrogens is 1100 g/mol. The van der Waals surface area contributed by atoms with Crippen molar-refractivity contribution in [2.45, 2.75) is 55.4 Å². The smallest absolute Gasteiger partial charge is 0.116 e.